The number of amides is 1. The molecule has 0 radical (unpaired) electrons. The first-order valence-corrected chi connectivity index (χ1v) is 7.61. The van der Waals surface area contributed by atoms with E-state index >= 15 is 0 Å². The molecule has 1 fully saturated rings. The predicted octanol–water partition coefficient (Wildman–Crippen LogP) is 2.47. The standard InChI is InChI=1S/C15H15Cl2N3O2/c1-14(8-15(14,16)17)13(22)20(2)7-11-18-10-6-4-3-5-9(10)12(21)19-11/h3-6H,7-8H2,1-2H3,(H,18,19,21). The van der Waals surface area contributed by atoms with Crippen molar-refractivity contribution < 1.29 is 4.79 Å². The highest BCUT2D eigenvalue weighted by atomic mass is 35.5. The van der Waals surface area contributed by atoms with Gasteiger partial charge in [-0.2, -0.15) is 0 Å². The van der Waals surface area contributed by atoms with Crippen molar-refractivity contribution in [3.63, 3.8) is 0 Å². The summed E-state index contributed by atoms with van der Waals surface area (Å²) < 4.78 is -1.01. The highest BCUT2D eigenvalue weighted by Gasteiger charge is 2.68. The zero-order valence-corrected chi connectivity index (χ0v) is 13.7. The molecule has 1 saturated carbocycles. The number of aromatic amines is 1. The van der Waals surface area contributed by atoms with E-state index < -0.39 is 9.75 Å². The van der Waals surface area contributed by atoms with Crippen LogP contribution in [0.15, 0.2) is 29.1 Å². The van der Waals surface area contributed by atoms with Crippen molar-refractivity contribution in [3.05, 3.63) is 40.4 Å². The van der Waals surface area contributed by atoms with Crippen LogP contribution in [0.2, 0.25) is 0 Å². The third kappa shape index (κ3) is 2.38. The zero-order chi connectivity index (χ0) is 16.1. The summed E-state index contributed by atoms with van der Waals surface area (Å²) in [5, 5.41) is 0.523. The van der Waals surface area contributed by atoms with E-state index in [1.165, 1.54) is 4.90 Å². The molecule has 1 heterocycles. The minimum atomic E-state index is -1.01. The maximum atomic E-state index is 12.4. The van der Waals surface area contributed by atoms with E-state index in [2.05, 4.69) is 9.97 Å². The molecular formula is C15H15Cl2N3O2. The van der Waals surface area contributed by atoms with Crippen LogP contribution in [0.4, 0.5) is 0 Å². The number of para-hydroxylation sites is 1. The van der Waals surface area contributed by atoms with E-state index in [0.717, 1.165) is 0 Å². The molecule has 3 rings (SSSR count). The van der Waals surface area contributed by atoms with Gasteiger partial charge in [-0.05, 0) is 25.5 Å². The SMILES string of the molecule is CN(Cc1nc2ccccc2c(=O)[nH]1)C(=O)C1(C)CC1(Cl)Cl. The molecule has 0 bridgehead atoms. The lowest BCUT2D eigenvalue weighted by atomic mass is 10.1. The van der Waals surface area contributed by atoms with E-state index in [-0.39, 0.29) is 18.0 Å². The summed E-state index contributed by atoms with van der Waals surface area (Å²) in [6, 6.07) is 7.07. The number of carbonyl (C=O) groups is 1. The number of hydrogen-bond acceptors (Lipinski definition) is 3. The monoisotopic (exact) mass is 339 g/mol. The van der Waals surface area contributed by atoms with Crippen molar-refractivity contribution >= 4 is 40.0 Å². The number of nitrogens with zero attached hydrogens (tertiary/aromatic N) is 2. The number of benzene rings is 1. The van der Waals surface area contributed by atoms with Crippen LogP contribution in [0.25, 0.3) is 10.9 Å². The van der Waals surface area contributed by atoms with E-state index in [9.17, 15) is 9.59 Å². The van der Waals surface area contributed by atoms with E-state index in [1.807, 2.05) is 6.07 Å². The van der Waals surface area contributed by atoms with Gasteiger partial charge >= 0.3 is 0 Å². The molecule has 1 aliphatic carbocycles. The minimum Gasteiger partial charge on any atom is -0.338 e. The number of H-pyrrole nitrogens is 1. The van der Waals surface area contributed by atoms with Crippen LogP contribution in [0, 0.1) is 5.41 Å². The molecule has 1 atom stereocenters. The normalized spacial score (nSPS) is 22.5. The second kappa shape index (κ2) is 4.96. The Morgan fingerprint density at radius 2 is 2.05 bits per heavy atom. The second-order valence-corrected chi connectivity index (χ2v) is 7.39. The van der Waals surface area contributed by atoms with Crippen molar-refractivity contribution in [2.45, 2.75) is 24.2 Å². The van der Waals surface area contributed by atoms with Gasteiger partial charge in [-0.3, -0.25) is 9.59 Å². The van der Waals surface area contributed by atoms with Crippen molar-refractivity contribution in [3.8, 4) is 0 Å². The van der Waals surface area contributed by atoms with E-state index in [4.69, 9.17) is 23.2 Å². The van der Waals surface area contributed by atoms with Gasteiger partial charge in [0.1, 0.15) is 10.2 Å². The van der Waals surface area contributed by atoms with Gasteiger partial charge in [0.25, 0.3) is 5.56 Å². The van der Waals surface area contributed by atoms with Crippen LogP contribution in [0.3, 0.4) is 0 Å². The van der Waals surface area contributed by atoms with E-state index in [1.54, 1.807) is 32.2 Å². The number of halogens is 2. The summed E-state index contributed by atoms with van der Waals surface area (Å²) in [4.78, 5) is 33.0. The van der Waals surface area contributed by atoms with Crippen molar-refractivity contribution in [1.29, 1.82) is 0 Å². The number of nitrogens with one attached hydrogen (secondary N) is 1. The Kier molecular flexibility index (Phi) is 3.45. The lowest BCUT2D eigenvalue weighted by Crippen LogP contribution is -2.35. The molecule has 0 spiro atoms. The zero-order valence-electron chi connectivity index (χ0n) is 12.2. The molecule has 0 aliphatic heterocycles. The number of carbonyl (C=O) groups excluding carboxylic acids is 1. The summed E-state index contributed by atoms with van der Waals surface area (Å²) in [7, 11) is 1.64. The van der Waals surface area contributed by atoms with Gasteiger partial charge in [-0.1, -0.05) is 12.1 Å². The summed E-state index contributed by atoms with van der Waals surface area (Å²) in [5.74, 6) is 0.270. The van der Waals surface area contributed by atoms with Crippen LogP contribution in [0.5, 0.6) is 0 Å². The van der Waals surface area contributed by atoms with Gasteiger partial charge in [0.05, 0.1) is 22.9 Å². The van der Waals surface area contributed by atoms with Crippen LogP contribution in [-0.4, -0.2) is 32.2 Å². The lowest BCUT2D eigenvalue weighted by molar-refractivity contribution is -0.135. The van der Waals surface area contributed by atoms with Gasteiger partial charge in [-0.25, -0.2) is 4.98 Å². The Morgan fingerprint density at radius 3 is 2.68 bits per heavy atom. The summed E-state index contributed by atoms with van der Waals surface area (Å²) in [6.45, 7) is 1.93. The van der Waals surface area contributed by atoms with Gasteiger partial charge in [0, 0.05) is 7.05 Å². The maximum absolute atomic E-state index is 12.4. The third-order valence-corrected chi connectivity index (χ3v) is 5.23. The Morgan fingerprint density at radius 1 is 1.41 bits per heavy atom. The fourth-order valence-corrected chi connectivity index (χ4v) is 3.26. The Labute approximate surface area is 137 Å². The van der Waals surface area contributed by atoms with Crippen LogP contribution >= 0.6 is 23.2 Å². The molecule has 0 saturated heterocycles. The summed E-state index contributed by atoms with van der Waals surface area (Å²) >= 11 is 12.1. The molecule has 5 nitrogen and oxygen atoms in total. The molecule has 1 unspecified atom stereocenters. The summed E-state index contributed by atoms with van der Waals surface area (Å²) in [5.41, 5.74) is -0.394. The van der Waals surface area contributed by atoms with Crippen LogP contribution in [-0.2, 0) is 11.3 Å². The number of hydrogen-bond donors (Lipinski definition) is 1. The Hall–Kier alpha value is -1.59. The van der Waals surface area contributed by atoms with Gasteiger partial charge in [0.2, 0.25) is 5.91 Å². The lowest BCUT2D eigenvalue weighted by Gasteiger charge is -2.21. The summed E-state index contributed by atoms with van der Waals surface area (Å²) in [6.07, 6.45) is 0.425. The second-order valence-electron chi connectivity index (χ2n) is 5.90. The number of aromatic nitrogens is 2. The van der Waals surface area contributed by atoms with Gasteiger partial charge in [-0.15, -0.1) is 23.2 Å². The smallest absolute Gasteiger partial charge is 0.258 e. The fraction of sp³-hybridized carbons (Fsp3) is 0.400. The maximum Gasteiger partial charge on any atom is 0.258 e. The number of alkyl halides is 2. The van der Waals surface area contributed by atoms with Gasteiger partial charge in [0.15, 0.2) is 0 Å². The molecule has 1 aliphatic rings. The molecule has 1 amide bonds. The molecule has 1 aromatic heterocycles. The van der Waals surface area contributed by atoms with Crippen molar-refractivity contribution in [1.82, 2.24) is 14.9 Å². The number of rotatable bonds is 3. The molecule has 2 aromatic rings. The highest BCUT2D eigenvalue weighted by molar-refractivity contribution is 6.53. The van der Waals surface area contributed by atoms with Crippen molar-refractivity contribution in [2.24, 2.45) is 5.41 Å². The molecular weight excluding hydrogens is 325 g/mol. The van der Waals surface area contributed by atoms with Gasteiger partial charge < -0.3 is 9.88 Å². The first-order valence-electron chi connectivity index (χ1n) is 6.86. The minimum absolute atomic E-state index is 0.159. The highest BCUT2D eigenvalue weighted by Crippen LogP contribution is 2.64. The molecule has 116 valence electrons. The third-order valence-electron chi connectivity index (χ3n) is 4.13. The van der Waals surface area contributed by atoms with Crippen molar-refractivity contribution in [2.75, 3.05) is 7.05 Å². The van der Waals surface area contributed by atoms with Crippen LogP contribution in [0.1, 0.15) is 19.2 Å². The largest absolute Gasteiger partial charge is 0.338 e. The topological polar surface area (TPSA) is 66.1 Å². The molecule has 22 heavy (non-hydrogen) atoms. The van der Waals surface area contributed by atoms with E-state index in [0.29, 0.717) is 23.1 Å². The average molecular weight is 340 g/mol. The fourth-order valence-electron chi connectivity index (χ4n) is 2.56. The average Bonchev–Trinajstić information content (AvgIpc) is 2.98. The molecule has 7 heteroatoms. The Balaban J connectivity index is 1.84. The predicted molar refractivity (Wildman–Crippen MR) is 86.0 cm³/mol. The molecule has 1 N–H and O–H groups in total. The Bertz CT molecular complexity index is 818. The first-order chi connectivity index (χ1) is 10.2. The number of fused-ring (bicyclic) bond motifs is 1. The quantitative estimate of drug-likeness (QED) is 0.873. The first kappa shape index (κ1) is 15.3. The molecule has 1 aromatic carbocycles. The van der Waals surface area contributed by atoms with Crippen LogP contribution < -0.4 is 5.56 Å².